The van der Waals surface area contributed by atoms with Crippen molar-refractivity contribution in [1.29, 1.82) is 0 Å². The van der Waals surface area contributed by atoms with Crippen LogP contribution in [0.15, 0.2) is 59.5 Å². The number of imide groups is 1. The zero-order valence-electron chi connectivity index (χ0n) is 14.4. The highest BCUT2D eigenvalue weighted by atomic mass is 16.2. The number of aromatic nitrogens is 2. The molecule has 2 aromatic carbocycles. The Bertz CT molecular complexity index is 1140. The van der Waals surface area contributed by atoms with E-state index in [1.807, 2.05) is 30.3 Å². The number of ketones is 1. The second-order valence-electron chi connectivity index (χ2n) is 6.32. The van der Waals surface area contributed by atoms with Crippen molar-refractivity contribution in [3.8, 4) is 0 Å². The molecule has 2 amide bonds. The highest BCUT2D eigenvalue weighted by Gasteiger charge is 2.36. The Hall–Kier alpha value is -3.74. The Morgan fingerprint density at radius 2 is 1.67 bits per heavy atom. The average molecular weight is 361 g/mol. The molecule has 0 aliphatic carbocycles. The van der Waals surface area contributed by atoms with Crippen LogP contribution in [0.25, 0.3) is 0 Å². The normalized spacial score (nSPS) is 13.1. The number of carbonyl (C=O) groups excluding carboxylic acids is 3. The maximum atomic E-state index is 12.7. The summed E-state index contributed by atoms with van der Waals surface area (Å²) in [4.78, 5) is 51.0. The number of hydrogen-bond donors (Lipinski definition) is 1. The Kier molecular flexibility index (Phi) is 3.84. The number of carbonyl (C=O) groups is 3. The van der Waals surface area contributed by atoms with Gasteiger partial charge >= 0.3 is 0 Å². The van der Waals surface area contributed by atoms with Crippen molar-refractivity contribution in [2.45, 2.75) is 6.54 Å². The molecule has 0 spiro atoms. The lowest BCUT2D eigenvalue weighted by molar-refractivity contribution is 0.0642. The summed E-state index contributed by atoms with van der Waals surface area (Å²) < 4.78 is 1.19. The minimum absolute atomic E-state index is 0.0182. The average Bonchev–Trinajstić information content (AvgIpc) is 3.14. The van der Waals surface area contributed by atoms with Crippen molar-refractivity contribution in [2.75, 3.05) is 0 Å². The van der Waals surface area contributed by atoms with E-state index in [9.17, 15) is 19.2 Å². The molecule has 0 bridgehead atoms. The second kappa shape index (κ2) is 6.21. The smallest absolute Gasteiger partial charge is 0.277 e. The van der Waals surface area contributed by atoms with Crippen LogP contribution in [0, 0.1) is 0 Å². The van der Waals surface area contributed by atoms with Gasteiger partial charge in [0.1, 0.15) is 5.56 Å². The molecule has 1 aliphatic heterocycles. The van der Waals surface area contributed by atoms with Gasteiger partial charge in [0.2, 0.25) is 0 Å². The topological polar surface area (TPSA) is 92.2 Å². The van der Waals surface area contributed by atoms with E-state index in [2.05, 4.69) is 5.10 Å². The third-order valence-electron chi connectivity index (χ3n) is 4.60. The number of nitrogens with one attached hydrogen (secondary N) is 1. The summed E-state index contributed by atoms with van der Waals surface area (Å²) in [6, 6.07) is 13.5. The Labute approximate surface area is 153 Å². The van der Waals surface area contributed by atoms with Crippen LogP contribution >= 0.6 is 0 Å². The molecule has 134 valence electrons. The summed E-state index contributed by atoms with van der Waals surface area (Å²) >= 11 is 0. The molecule has 4 rings (SSSR count). The van der Waals surface area contributed by atoms with Crippen molar-refractivity contribution >= 4 is 17.6 Å². The van der Waals surface area contributed by atoms with E-state index in [4.69, 9.17) is 0 Å². The van der Waals surface area contributed by atoms with Crippen molar-refractivity contribution in [1.82, 2.24) is 14.7 Å². The van der Waals surface area contributed by atoms with Gasteiger partial charge in [-0.3, -0.25) is 28.8 Å². The summed E-state index contributed by atoms with van der Waals surface area (Å²) in [5.74, 6) is -1.34. The molecule has 0 unspecified atom stereocenters. The van der Waals surface area contributed by atoms with E-state index in [-0.39, 0.29) is 28.8 Å². The molecule has 2 heterocycles. The number of hydrogen-bond acceptors (Lipinski definition) is 4. The van der Waals surface area contributed by atoms with Gasteiger partial charge in [-0.25, -0.2) is 0 Å². The molecule has 7 heteroatoms. The van der Waals surface area contributed by atoms with Crippen LogP contribution in [-0.4, -0.2) is 32.3 Å². The molecule has 0 saturated carbocycles. The molecule has 3 aromatic rings. The monoisotopic (exact) mass is 361 g/mol. The first-order chi connectivity index (χ1) is 13.0. The summed E-state index contributed by atoms with van der Waals surface area (Å²) in [6.07, 6.45) is 1.33. The molecular weight excluding hydrogens is 346 g/mol. The van der Waals surface area contributed by atoms with Crippen molar-refractivity contribution in [3.05, 3.63) is 92.9 Å². The van der Waals surface area contributed by atoms with Gasteiger partial charge in [0, 0.05) is 18.8 Å². The molecule has 7 nitrogen and oxygen atoms in total. The van der Waals surface area contributed by atoms with Gasteiger partial charge in [-0.05, 0) is 17.7 Å². The highest BCUT2D eigenvalue weighted by molar-refractivity contribution is 6.22. The van der Waals surface area contributed by atoms with Crippen LogP contribution in [-0.2, 0) is 13.6 Å². The van der Waals surface area contributed by atoms with Crippen LogP contribution in [0.1, 0.15) is 42.2 Å². The zero-order chi connectivity index (χ0) is 19.1. The number of nitrogens with zero attached hydrogens (tertiary/aromatic N) is 2. The fourth-order valence-corrected chi connectivity index (χ4v) is 3.12. The molecule has 1 aliphatic rings. The minimum Gasteiger partial charge on any atom is -0.302 e. The Morgan fingerprint density at radius 3 is 2.33 bits per heavy atom. The van der Waals surface area contributed by atoms with Crippen LogP contribution < -0.4 is 5.56 Å². The largest absolute Gasteiger partial charge is 0.302 e. The number of aryl methyl sites for hydroxylation is 1. The molecule has 27 heavy (non-hydrogen) atoms. The van der Waals surface area contributed by atoms with E-state index in [1.165, 1.54) is 36.1 Å². The van der Waals surface area contributed by atoms with E-state index in [1.54, 1.807) is 0 Å². The first-order valence-electron chi connectivity index (χ1n) is 8.30. The highest BCUT2D eigenvalue weighted by Crippen LogP contribution is 2.26. The summed E-state index contributed by atoms with van der Waals surface area (Å²) in [5.41, 5.74) is 0.986. The van der Waals surface area contributed by atoms with Crippen molar-refractivity contribution in [2.24, 2.45) is 7.05 Å². The Balaban J connectivity index is 1.67. The minimum atomic E-state index is -0.499. The lowest BCUT2D eigenvalue weighted by Crippen LogP contribution is -2.29. The van der Waals surface area contributed by atoms with Crippen LogP contribution in [0.2, 0.25) is 0 Å². The fourth-order valence-electron chi connectivity index (χ4n) is 3.12. The predicted molar refractivity (Wildman–Crippen MR) is 96.6 cm³/mol. The Morgan fingerprint density at radius 1 is 0.963 bits per heavy atom. The zero-order valence-corrected chi connectivity index (χ0v) is 14.4. The van der Waals surface area contributed by atoms with Crippen LogP contribution in [0.5, 0.6) is 0 Å². The third-order valence-corrected chi connectivity index (χ3v) is 4.60. The van der Waals surface area contributed by atoms with Crippen LogP contribution in [0.3, 0.4) is 0 Å². The predicted octanol–water partition coefficient (Wildman–Crippen LogP) is 1.74. The third kappa shape index (κ3) is 2.69. The molecule has 0 radical (unpaired) electrons. The lowest BCUT2D eigenvalue weighted by Gasteiger charge is -2.13. The summed E-state index contributed by atoms with van der Waals surface area (Å²) in [6.45, 7) is 0.162. The summed E-state index contributed by atoms with van der Waals surface area (Å²) in [7, 11) is 1.51. The van der Waals surface area contributed by atoms with Crippen LogP contribution in [0.4, 0.5) is 0 Å². The van der Waals surface area contributed by atoms with Gasteiger partial charge in [-0.1, -0.05) is 36.4 Å². The van der Waals surface area contributed by atoms with E-state index in [0.29, 0.717) is 0 Å². The number of amides is 2. The fraction of sp³-hybridized carbons (Fsp3) is 0.100. The van der Waals surface area contributed by atoms with Gasteiger partial charge in [0.05, 0.1) is 17.7 Å². The number of rotatable bonds is 4. The lowest BCUT2D eigenvalue weighted by atomic mass is 10.0. The molecule has 0 fully saturated rings. The molecule has 1 aromatic heterocycles. The standard InChI is InChI=1S/C20H15N3O4/c1-22-18(25)16(10-21-22)17(24)13-7-8-14-15(9-13)20(27)23(19(14)26)11-12-5-3-2-4-6-12/h2-10,21H,11H2,1H3. The molecule has 0 saturated heterocycles. The van der Waals surface area contributed by atoms with Gasteiger partial charge in [0.15, 0.2) is 5.78 Å². The van der Waals surface area contributed by atoms with Gasteiger partial charge < -0.3 is 5.10 Å². The van der Waals surface area contributed by atoms with Crippen molar-refractivity contribution < 1.29 is 14.4 Å². The molecule has 0 atom stereocenters. The number of benzene rings is 2. The van der Waals surface area contributed by atoms with Gasteiger partial charge in [0.25, 0.3) is 17.4 Å². The quantitative estimate of drug-likeness (QED) is 0.566. The SMILES string of the molecule is Cn1[nH]cc(C(=O)c2ccc3c(c2)C(=O)N(Cc2ccccc2)C3=O)c1=O. The number of fused-ring (bicyclic) bond motifs is 1. The van der Waals surface area contributed by atoms with Gasteiger partial charge in [-0.15, -0.1) is 0 Å². The maximum Gasteiger partial charge on any atom is 0.277 e. The number of H-pyrrole nitrogens is 1. The van der Waals surface area contributed by atoms with E-state index >= 15 is 0 Å². The molecular formula is C20H15N3O4. The summed E-state index contributed by atoms with van der Waals surface area (Å²) in [5, 5.41) is 2.64. The first-order valence-corrected chi connectivity index (χ1v) is 8.30. The molecule has 1 N–H and O–H groups in total. The first kappa shape index (κ1) is 16.7. The number of aromatic amines is 1. The van der Waals surface area contributed by atoms with E-state index < -0.39 is 23.2 Å². The van der Waals surface area contributed by atoms with Gasteiger partial charge in [-0.2, -0.15) is 0 Å². The second-order valence-corrected chi connectivity index (χ2v) is 6.32. The van der Waals surface area contributed by atoms with Crippen molar-refractivity contribution in [3.63, 3.8) is 0 Å². The maximum absolute atomic E-state index is 12.7. The van der Waals surface area contributed by atoms with E-state index in [0.717, 1.165) is 10.5 Å².